The number of aryl methyl sites for hydroxylation is 2. The van der Waals surface area contributed by atoms with E-state index in [4.69, 9.17) is 0 Å². The van der Waals surface area contributed by atoms with E-state index in [0.717, 1.165) is 34.3 Å². The number of fused-ring (bicyclic) bond motifs is 1. The molecular weight excluding hydrogens is 512 g/mol. The predicted octanol–water partition coefficient (Wildman–Crippen LogP) is 3.40. The van der Waals surface area contributed by atoms with Crippen molar-refractivity contribution in [1.82, 2.24) is 34.0 Å². The standard InChI is InChI=1S/C26H29F2N7O2S/c1-17-9-24-19(13-30-35(24)22-5-3-20(27)4-6-22)12-23(17)25-16-34(38(36,37)26-14-29-32(2)31-26)8-7-33(25)15-18-10-21(28)11-18/h3-6,9,12-14,18,21,25H,7-8,10-11,15-16H2,1-2H3. The molecule has 0 bridgehead atoms. The number of piperazine rings is 1. The molecule has 0 spiro atoms. The second-order valence-electron chi connectivity index (χ2n) is 10.3. The normalized spacial score (nSPS) is 23.1. The third-order valence-corrected chi connectivity index (χ3v) is 9.42. The van der Waals surface area contributed by atoms with Gasteiger partial charge in [-0.25, -0.2) is 21.9 Å². The number of sulfonamides is 1. The Hall–Kier alpha value is -3.22. The summed E-state index contributed by atoms with van der Waals surface area (Å²) in [5.74, 6) is -0.0477. The zero-order chi connectivity index (χ0) is 26.6. The van der Waals surface area contributed by atoms with Crippen molar-refractivity contribution in [2.24, 2.45) is 13.0 Å². The van der Waals surface area contributed by atoms with Gasteiger partial charge >= 0.3 is 0 Å². The number of aromatic nitrogens is 5. The SMILES string of the molecule is Cc1cc2c(cnn2-c2ccc(F)cc2)cc1C1CN(S(=O)(=O)c2cnn(C)n2)CCN1CC1CC(F)C1. The van der Waals surface area contributed by atoms with E-state index in [9.17, 15) is 17.2 Å². The Morgan fingerprint density at radius 3 is 2.50 bits per heavy atom. The Balaban J connectivity index is 1.36. The average molecular weight is 542 g/mol. The van der Waals surface area contributed by atoms with Crippen LogP contribution in [0.5, 0.6) is 0 Å². The molecule has 1 saturated carbocycles. The Kier molecular flexibility index (Phi) is 6.28. The van der Waals surface area contributed by atoms with Gasteiger partial charge in [-0.3, -0.25) is 4.90 Å². The van der Waals surface area contributed by atoms with Crippen LogP contribution in [0.25, 0.3) is 16.6 Å². The molecule has 1 atom stereocenters. The fourth-order valence-corrected chi connectivity index (χ4v) is 6.91. The Bertz CT molecular complexity index is 1580. The molecule has 12 heteroatoms. The first-order valence-corrected chi connectivity index (χ1v) is 14.1. The number of rotatable bonds is 6. The molecule has 2 aromatic carbocycles. The first-order chi connectivity index (χ1) is 18.2. The van der Waals surface area contributed by atoms with Crippen molar-refractivity contribution in [3.63, 3.8) is 0 Å². The summed E-state index contributed by atoms with van der Waals surface area (Å²) in [4.78, 5) is 3.53. The van der Waals surface area contributed by atoms with E-state index in [2.05, 4.69) is 26.3 Å². The lowest BCUT2D eigenvalue weighted by atomic mass is 9.82. The molecule has 0 amide bonds. The number of alkyl halides is 1. The number of halogens is 2. The highest BCUT2D eigenvalue weighted by Crippen LogP contribution is 2.37. The quantitative estimate of drug-likeness (QED) is 0.372. The summed E-state index contributed by atoms with van der Waals surface area (Å²) in [6, 6.07) is 10.0. The van der Waals surface area contributed by atoms with Crippen molar-refractivity contribution < 1.29 is 17.2 Å². The smallest absolute Gasteiger partial charge is 0.264 e. The lowest BCUT2D eigenvalue weighted by molar-refractivity contribution is 0.0469. The van der Waals surface area contributed by atoms with Crippen LogP contribution in [0.3, 0.4) is 0 Å². The van der Waals surface area contributed by atoms with Gasteiger partial charge in [-0.1, -0.05) is 0 Å². The molecule has 0 N–H and O–H groups in total. The van der Waals surface area contributed by atoms with E-state index in [-0.39, 0.29) is 29.3 Å². The first-order valence-electron chi connectivity index (χ1n) is 12.7. The minimum atomic E-state index is -3.82. The molecule has 2 aliphatic rings. The van der Waals surface area contributed by atoms with Gasteiger partial charge in [0.15, 0.2) is 0 Å². The van der Waals surface area contributed by atoms with Crippen LogP contribution in [0.15, 0.2) is 53.8 Å². The van der Waals surface area contributed by atoms with Gasteiger partial charge in [-0.2, -0.15) is 19.3 Å². The lowest BCUT2D eigenvalue weighted by Gasteiger charge is -2.44. The summed E-state index contributed by atoms with van der Waals surface area (Å²) >= 11 is 0. The summed E-state index contributed by atoms with van der Waals surface area (Å²) in [5.41, 5.74) is 3.63. The minimum absolute atomic E-state index is 0.0702. The third-order valence-electron chi connectivity index (χ3n) is 7.69. The number of hydrogen-bond acceptors (Lipinski definition) is 6. The van der Waals surface area contributed by atoms with Crippen molar-refractivity contribution in [1.29, 1.82) is 0 Å². The van der Waals surface area contributed by atoms with Crippen molar-refractivity contribution in [2.75, 3.05) is 26.2 Å². The van der Waals surface area contributed by atoms with Crippen LogP contribution >= 0.6 is 0 Å². The largest absolute Gasteiger partial charge is 0.293 e. The van der Waals surface area contributed by atoms with E-state index >= 15 is 0 Å². The molecule has 9 nitrogen and oxygen atoms in total. The van der Waals surface area contributed by atoms with Crippen LogP contribution in [0.4, 0.5) is 8.78 Å². The Labute approximate surface area is 219 Å². The maximum atomic E-state index is 13.6. The molecule has 38 heavy (non-hydrogen) atoms. The molecule has 1 aliphatic heterocycles. The maximum Gasteiger partial charge on any atom is 0.264 e. The van der Waals surface area contributed by atoms with Crippen molar-refractivity contribution in [2.45, 2.75) is 37.0 Å². The average Bonchev–Trinajstić information content (AvgIpc) is 3.50. The van der Waals surface area contributed by atoms with Crippen LogP contribution in [0, 0.1) is 18.7 Å². The lowest BCUT2D eigenvalue weighted by Crippen LogP contribution is -2.52. The van der Waals surface area contributed by atoms with Crippen LogP contribution < -0.4 is 0 Å². The van der Waals surface area contributed by atoms with E-state index in [1.54, 1.807) is 30.1 Å². The highest BCUT2D eigenvalue weighted by molar-refractivity contribution is 7.89. The maximum absolute atomic E-state index is 13.6. The molecule has 2 fully saturated rings. The molecular formula is C26H29F2N7O2S. The molecule has 2 aromatic heterocycles. The van der Waals surface area contributed by atoms with E-state index < -0.39 is 16.2 Å². The van der Waals surface area contributed by atoms with Gasteiger partial charge in [0.2, 0.25) is 5.03 Å². The summed E-state index contributed by atoms with van der Waals surface area (Å²) in [7, 11) is -2.24. The second kappa shape index (κ2) is 9.51. The minimum Gasteiger partial charge on any atom is -0.293 e. The molecule has 200 valence electrons. The molecule has 1 aliphatic carbocycles. The van der Waals surface area contributed by atoms with Gasteiger partial charge in [0.05, 0.1) is 23.6 Å². The van der Waals surface area contributed by atoms with Gasteiger partial charge in [-0.05, 0) is 73.2 Å². The molecule has 6 rings (SSSR count). The summed E-state index contributed by atoms with van der Waals surface area (Å²) in [6.45, 7) is 3.83. The van der Waals surface area contributed by atoms with E-state index in [0.29, 0.717) is 25.9 Å². The van der Waals surface area contributed by atoms with Gasteiger partial charge in [0, 0.05) is 44.7 Å². The molecule has 1 unspecified atom stereocenters. The summed E-state index contributed by atoms with van der Waals surface area (Å²) in [5, 5.41) is 13.3. The monoisotopic (exact) mass is 541 g/mol. The van der Waals surface area contributed by atoms with Crippen molar-refractivity contribution in [3.8, 4) is 5.69 Å². The fraction of sp³-hybridized carbons (Fsp3) is 0.423. The van der Waals surface area contributed by atoms with Crippen LogP contribution in [0.1, 0.15) is 30.0 Å². The van der Waals surface area contributed by atoms with Gasteiger partial charge < -0.3 is 0 Å². The van der Waals surface area contributed by atoms with Crippen molar-refractivity contribution >= 4 is 20.9 Å². The van der Waals surface area contributed by atoms with Gasteiger partial charge in [-0.15, -0.1) is 5.10 Å². The molecule has 1 saturated heterocycles. The molecule has 4 aromatic rings. The van der Waals surface area contributed by atoms with E-state index in [1.807, 2.05) is 13.0 Å². The van der Waals surface area contributed by atoms with Gasteiger partial charge in [0.1, 0.15) is 12.0 Å². The number of benzene rings is 2. The topological polar surface area (TPSA) is 89.2 Å². The summed E-state index contributed by atoms with van der Waals surface area (Å²) in [6.07, 6.45) is 3.39. The Morgan fingerprint density at radius 2 is 1.82 bits per heavy atom. The predicted molar refractivity (Wildman–Crippen MR) is 137 cm³/mol. The van der Waals surface area contributed by atoms with Crippen LogP contribution in [-0.2, 0) is 17.1 Å². The van der Waals surface area contributed by atoms with Crippen LogP contribution in [-0.4, -0.2) is 74.7 Å². The zero-order valence-electron chi connectivity index (χ0n) is 21.2. The van der Waals surface area contributed by atoms with Gasteiger partial charge in [0.25, 0.3) is 10.0 Å². The van der Waals surface area contributed by atoms with Crippen molar-refractivity contribution in [3.05, 3.63) is 65.7 Å². The number of nitrogens with zero attached hydrogens (tertiary/aromatic N) is 7. The highest BCUT2D eigenvalue weighted by atomic mass is 32.2. The number of hydrogen-bond donors (Lipinski definition) is 0. The zero-order valence-corrected chi connectivity index (χ0v) is 22.0. The Morgan fingerprint density at radius 1 is 1.05 bits per heavy atom. The summed E-state index contributed by atoms with van der Waals surface area (Å²) < 4.78 is 57.1. The van der Waals surface area contributed by atoms with E-state index in [1.165, 1.54) is 27.4 Å². The molecule has 0 radical (unpaired) electrons. The first kappa shape index (κ1) is 25.1. The highest BCUT2D eigenvalue weighted by Gasteiger charge is 2.39. The van der Waals surface area contributed by atoms with Crippen LogP contribution in [0.2, 0.25) is 0 Å². The second-order valence-corrected chi connectivity index (χ2v) is 12.2. The third kappa shape index (κ3) is 4.50. The molecule has 3 heterocycles. The fourth-order valence-electron chi connectivity index (χ4n) is 5.58.